The van der Waals surface area contributed by atoms with Gasteiger partial charge in [-0.15, -0.1) is 0 Å². The lowest BCUT2D eigenvalue weighted by atomic mass is 10.1. The van der Waals surface area contributed by atoms with Crippen LogP contribution in [0.2, 0.25) is 0 Å². The molecular weight excluding hydrogens is 238 g/mol. The van der Waals surface area contributed by atoms with Crippen LogP contribution in [-0.4, -0.2) is 30.5 Å². The van der Waals surface area contributed by atoms with Gasteiger partial charge in [-0.25, -0.2) is 4.98 Å². The molecule has 0 aromatic carbocycles. The molecule has 19 heavy (non-hydrogen) atoms. The van der Waals surface area contributed by atoms with Crippen LogP contribution in [0, 0.1) is 5.92 Å². The van der Waals surface area contributed by atoms with E-state index in [9.17, 15) is 4.79 Å². The minimum Gasteiger partial charge on any atom is -0.370 e. The number of hydrogen-bond acceptors (Lipinski definition) is 3. The number of carbonyl (C=O) groups is 1. The predicted molar refractivity (Wildman–Crippen MR) is 77.5 cm³/mol. The predicted octanol–water partition coefficient (Wildman–Crippen LogP) is 2.46. The summed E-state index contributed by atoms with van der Waals surface area (Å²) in [5.74, 6) is 0.527. The van der Waals surface area contributed by atoms with Crippen molar-refractivity contribution in [2.45, 2.75) is 33.1 Å². The summed E-state index contributed by atoms with van der Waals surface area (Å²) < 4.78 is 0. The molecule has 1 N–H and O–H groups in total. The summed E-state index contributed by atoms with van der Waals surface area (Å²) >= 11 is 0. The molecular formula is C15H23N3O. The van der Waals surface area contributed by atoms with Gasteiger partial charge >= 0.3 is 0 Å². The number of nitrogens with zero attached hydrogens (tertiary/aromatic N) is 2. The molecule has 1 fully saturated rings. The standard InChI is InChI=1S/C15H23N3O/c1-12(2)7-8-16-15(19)14-6-5-13(11-17-14)18-9-3-4-10-18/h5-6,11-12H,3-4,7-10H2,1-2H3,(H,16,19). The number of amides is 1. The molecule has 0 unspecified atom stereocenters. The third-order valence-corrected chi connectivity index (χ3v) is 3.46. The van der Waals surface area contributed by atoms with Crippen LogP contribution in [0.15, 0.2) is 18.3 Å². The number of nitrogens with one attached hydrogen (secondary N) is 1. The van der Waals surface area contributed by atoms with E-state index >= 15 is 0 Å². The molecule has 1 aromatic rings. The maximum atomic E-state index is 11.9. The van der Waals surface area contributed by atoms with Crippen molar-refractivity contribution in [2.24, 2.45) is 5.92 Å². The lowest BCUT2D eigenvalue weighted by molar-refractivity contribution is 0.0947. The molecule has 0 bridgehead atoms. The minimum absolute atomic E-state index is 0.0754. The third kappa shape index (κ3) is 3.94. The first-order valence-corrected chi connectivity index (χ1v) is 7.16. The first-order chi connectivity index (χ1) is 9.16. The second-order valence-corrected chi connectivity index (χ2v) is 5.53. The summed E-state index contributed by atoms with van der Waals surface area (Å²) in [6.07, 6.45) is 5.30. The van der Waals surface area contributed by atoms with Crippen molar-refractivity contribution >= 4 is 11.6 Å². The van der Waals surface area contributed by atoms with E-state index in [4.69, 9.17) is 0 Å². The molecule has 104 valence electrons. The van der Waals surface area contributed by atoms with Crippen LogP contribution in [-0.2, 0) is 0 Å². The zero-order valence-electron chi connectivity index (χ0n) is 11.9. The van der Waals surface area contributed by atoms with E-state index in [1.807, 2.05) is 18.3 Å². The Morgan fingerprint density at radius 3 is 2.68 bits per heavy atom. The second kappa shape index (κ2) is 6.55. The first-order valence-electron chi connectivity index (χ1n) is 7.16. The van der Waals surface area contributed by atoms with Gasteiger partial charge in [0.25, 0.3) is 5.91 Å². The smallest absolute Gasteiger partial charge is 0.269 e. The molecule has 1 amide bonds. The summed E-state index contributed by atoms with van der Waals surface area (Å²) in [6.45, 7) is 7.21. The van der Waals surface area contributed by atoms with E-state index < -0.39 is 0 Å². The summed E-state index contributed by atoms with van der Waals surface area (Å²) in [5.41, 5.74) is 1.63. The number of hydrogen-bond donors (Lipinski definition) is 1. The molecule has 4 nitrogen and oxygen atoms in total. The van der Waals surface area contributed by atoms with E-state index in [-0.39, 0.29) is 5.91 Å². The molecule has 2 rings (SSSR count). The SMILES string of the molecule is CC(C)CCNC(=O)c1ccc(N2CCCC2)cn1. The first kappa shape index (κ1) is 13.8. The topological polar surface area (TPSA) is 45.2 Å². The highest BCUT2D eigenvalue weighted by atomic mass is 16.1. The fourth-order valence-electron chi connectivity index (χ4n) is 2.25. The summed E-state index contributed by atoms with van der Waals surface area (Å²) in [5, 5.41) is 2.90. The molecule has 2 heterocycles. The molecule has 1 aliphatic heterocycles. The molecule has 0 aliphatic carbocycles. The molecule has 0 saturated carbocycles. The normalized spacial score (nSPS) is 15.0. The van der Waals surface area contributed by atoms with Gasteiger partial charge in [-0.05, 0) is 37.3 Å². The molecule has 0 radical (unpaired) electrons. The van der Waals surface area contributed by atoms with Crippen molar-refractivity contribution in [2.75, 3.05) is 24.5 Å². The molecule has 4 heteroatoms. The average Bonchev–Trinajstić information content (AvgIpc) is 2.92. The lowest BCUT2D eigenvalue weighted by Crippen LogP contribution is -2.26. The summed E-state index contributed by atoms with van der Waals surface area (Å²) in [7, 11) is 0. The highest BCUT2D eigenvalue weighted by molar-refractivity contribution is 5.92. The van der Waals surface area contributed by atoms with Crippen molar-refractivity contribution in [1.82, 2.24) is 10.3 Å². The molecule has 1 saturated heterocycles. The molecule has 0 spiro atoms. The van der Waals surface area contributed by atoms with Gasteiger partial charge in [0.05, 0.1) is 11.9 Å². The number of anilines is 1. The van der Waals surface area contributed by atoms with Gasteiger partial charge in [-0.3, -0.25) is 4.79 Å². The third-order valence-electron chi connectivity index (χ3n) is 3.46. The van der Waals surface area contributed by atoms with Gasteiger partial charge in [0, 0.05) is 19.6 Å². The highest BCUT2D eigenvalue weighted by Gasteiger charge is 2.13. The van der Waals surface area contributed by atoms with Crippen molar-refractivity contribution in [3.05, 3.63) is 24.0 Å². The van der Waals surface area contributed by atoms with E-state index in [1.54, 1.807) is 0 Å². The van der Waals surface area contributed by atoms with Crippen LogP contribution < -0.4 is 10.2 Å². The zero-order chi connectivity index (χ0) is 13.7. The molecule has 1 aliphatic rings. The van der Waals surface area contributed by atoms with Gasteiger partial charge in [-0.1, -0.05) is 13.8 Å². The molecule has 1 aromatic heterocycles. The van der Waals surface area contributed by atoms with Crippen molar-refractivity contribution < 1.29 is 4.79 Å². The Bertz CT molecular complexity index is 408. The number of rotatable bonds is 5. The summed E-state index contributed by atoms with van der Waals surface area (Å²) in [4.78, 5) is 18.5. The second-order valence-electron chi connectivity index (χ2n) is 5.53. The maximum Gasteiger partial charge on any atom is 0.269 e. The lowest BCUT2D eigenvalue weighted by Gasteiger charge is -2.17. The van der Waals surface area contributed by atoms with Crippen molar-refractivity contribution in [3.63, 3.8) is 0 Å². The highest BCUT2D eigenvalue weighted by Crippen LogP contribution is 2.18. The van der Waals surface area contributed by atoms with Crippen LogP contribution in [0.3, 0.4) is 0 Å². The Kier molecular flexibility index (Phi) is 4.77. The van der Waals surface area contributed by atoms with Crippen LogP contribution in [0.5, 0.6) is 0 Å². The maximum absolute atomic E-state index is 11.9. The Hall–Kier alpha value is -1.58. The van der Waals surface area contributed by atoms with E-state index in [1.165, 1.54) is 12.8 Å². The Morgan fingerprint density at radius 2 is 2.11 bits per heavy atom. The van der Waals surface area contributed by atoms with Gasteiger partial charge in [0.2, 0.25) is 0 Å². The minimum atomic E-state index is -0.0754. The summed E-state index contributed by atoms with van der Waals surface area (Å²) in [6, 6.07) is 3.81. The Morgan fingerprint density at radius 1 is 1.37 bits per heavy atom. The number of carbonyl (C=O) groups excluding carboxylic acids is 1. The fraction of sp³-hybridized carbons (Fsp3) is 0.600. The van der Waals surface area contributed by atoms with Crippen LogP contribution in [0.4, 0.5) is 5.69 Å². The zero-order valence-corrected chi connectivity index (χ0v) is 11.9. The van der Waals surface area contributed by atoms with Gasteiger partial charge in [0.1, 0.15) is 5.69 Å². The van der Waals surface area contributed by atoms with Gasteiger partial charge < -0.3 is 10.2 Å². The van der Waals surface area contributed by atoms with Gasteiger partial charge in [0.15, 0.2) is 0 Å². The van der Waals surface area contributed by atoms with Crippen LogP contribution in [0.1, 0.15) is 43.6 Å². The Labute approximate surface area is 115 Å². The quantitative estimate of drug-likeness (QED) is 0.885. The fourth-order valence-corrected chi connectivity index (χ4v) is 2.25. The largest absolute Gasteiger partial charge is 0.370 e. The number of aromatic nitrogens is 1. The van der Waals surface area contributed by atoms with E-state index in [0.717, 1.165) is 25.2 Å². The van der Waals surface area contributed by atoms with E-state index in [0.29, 0.717) is 18.2 Å². The van der Waals surface area contributed by atoms with Crippen LogP contribution in [0.25, 0.3) is 0 Å². The van der Waals surface area contributed by atoms with Gasteiger partial charge in [-0.2, -0.15) is 0 Å². The van der Waals surface area contributed by atoms with Crippen LogP contribution >= 0.6 is 0 Å². The van der Waals surface area contributed by atoms with E-state index in [2.05, 4.69) is 29.0 Å². The molecule has 0 atom stereocenters. The average molecular weight is 261 g/mol. The van der Waals surface area contributed by atoms with Crippen molar-refractivity contribution in [1.29, 1.82) is 0 Å². The van der Waals surface area contributed by atoms with Crippen molar-refractivity contribution in [3.8, 4) is 0 Å². The monoisotopic (exact) mass is 261 g/mol. The Balaban J connectivity index is 1.88. The number of pyridine rings is 1.